The highest BCUT2D eigenvalue weighted by Gasteiger charge is 2.25. The lowest BCUT2D eigenvalue weighted by atomic mass is 10.2. The van der Waals surface area contributed by atoms with Crippen molar-refractivity contribution >= 4 is 23.3 Å². The first kappa shape index (κ1) is 18.4. The number of benzene rings is 2. The van der Waals surface area contributed by atoms with Gasteiger partial charge >= 0.3 is 0 Å². The van der Waals surface area contributed by atoms with E-state index >= 15 is 0 Å². The standard InChI is InChI=1S/C20H22N4O3/c1-14-7-9-16(10-8-14)24-18(25)13-22-19(23-24)20(26)21-11-12-27-17-6-4-3-5-15(17)2/h3-10H,11-13H2,1-2H3,(H,21,26)(H,22,23). The maximum atomic E-state index is 12.3. The SMILES string of the molecule is Cc1ccc(N2NC(C(=O)NCCOc3ccccc3C)=NCC2=O)cc1. The Morgan fingerprint density at radius 3 is 2.67 bits per heavy atom. The second kappa shape index (κ2) is 8.35. The Balaban J connectivity index is 1.53. The summed E-state index contributed by atoms with van der Waals surface area (Å²) in [7, 11) is 0. The quantitative estimate of drug-likeness (QED) is 0.763. The minimum Gasteiger partial charge on any atom is -0.491 e. The van der Waals surface area contributed by atoms with Gasteiger partial charge in [-0.3, -0.25) is 20.0 Å². The van der Waals surface area contributed by atoms with Crippen LogP contribution in [0, 0.1) is 13.8 Å². The number of nitrogens with one attached hydrogen (secondary N) is 2. The van der Waals surface area contributed by atoms with Crippen LogP contribution < -0.4 is 20.5 Å². The molecule has 1 aliphatic heterocycles. The second-order valence-corrected chi connectivity index (χ2v) is 6.21. The molecule has 7 heteroatoms. The van der Waals surface area contributed by atoms with Gasteiger partial charge in [0.2, 0.25) is 5.84 Å². The summed E-state index contributed by atoms with van der Waals surface area (Å²) in [5, 5.41) is 4.08. The number of carbonyl (C=O) groups excluding carboxylic acids is 2. The highest BCUT2D eigenvalue weighted by molar-refractivity contribution is 6.39. The fourth-order valence-electron chi connectivity index (χ4n) is 2.57. The summed E-state index contributed by atoms with van der Waals surface area (Å²) in [6.07, 6.45) is 0. The van der Waals surface area contributed by atoms with Gasteiger partial charge in [0.25, 0.3) is 11.8 Å². The van der Waals surface area contributed by atoms with E-state index in [1.165, 1.54) is 5.01 Å². The number of hydrogen-bond acceptors (Lipinski definition) is 5. The molecule has 0 fully saturated rings. The van der Waals surface area contributed by atoms with E-state index in [0.717, 1.165) is 16.9 Å². The monoisotopic (exact) mass is 366 g/mol. The number of para-hydroxylation sites is 1. The smallest absolute Gasteiger partial charge is 0.288 e. The molecule has 0 unspecified atom stereocenters. The molecule has 3 rings (SSSR count). The molecule has 140 valence electrons. The van der Waals surface area contributed by atoms with Crippen molar-refractivity contribution in [3.05, 3.63) is 59.7 Å². The predicted molar refractivity (Wildman–Crippen MR) is 104 cm³/mol. The summed E-state index contributed by atoms with van der Waals surface area (Å²) >= 11 is 0. The van der Waals surface area contributed by atoms with Gasteiger partial charge in [-0.1, -0.05) is 35.9 Å². The molecule has 2 aromatic rings. The molecule has 0 aromatic heterocycles. The Morgan fingerprint density at radius 2 is 1.93 bits per heavy atom. The van der Waals surface area contributed by atoms with Gasteiger partial charge in [-0.15, -0.1) is 0 Å². The van der Waals surface area contributed by atoms with E-state index in [2.05, 4.69) is 15.7 Å². The first-order valence-electron chi connectivity index (χ1n) is 8.72. The molecule has 0 saturated heterocycles. The van der Waals surface area contributed by atoms with Gasteiger partial charge in [0.15, 0.2) is 0 Å². The van der Waals surface area contributed by atoms with E-state index in [1.807, 2.05) is 62.4 Å². The minimum absolute atomic E-state index is 0.0800. The maximum Gasteiger partial charge on any atom is 0.288 e. The lowest BCUT2D eigenvalue weighted by Gasteiger charge is -2.27. The topological polar surface area (TPSA) is 83.0 Å². The summed E-state index contributed by atoms with van der Waals surface area (Å²) in [6.45, 7) is 4.51. The van der Waals surface area contributed by atoms with Crippen LogP contribution in [0.4, 0.5) is 5.69 Å². The van der Waals surface area contributed by atoms with Gasteiger partial charge in [0, 0.05) is 0 Å². The van der Waals surface area contributed by atoms with E-state index in [1.54, 1.807) is 0 Å². The first-order valence-corrected chi connectivity index (χ1v) is 8.72. The Bertz CT molecular complexity index is 862. The lowest BCUT2D eigenvalue weighted by molar-refractivity contribution is -0.118. The number of carbonyl (C=O) groups is 2. The number of aliphatic imine (C=N–C) groups is 1. The molecule has 27 heavy (non-hydrogen) atoms. The summed E-state index contributed by atoms with van der Waals surface area (Å²) in [4.78, 5) is 28.4. The zero-order valence-corrected chi connectivity index (χ0v) is 15.4. The normalized spacial score (nSPS) is 13.6. The fraction of sp³-hybridized carbons (Fsp3) is 0.250. The zero-order valence-electron chi connectivity index (χ0n) is 15.4. The van der Waals surface area contributed by atoms with E-state index < -0.39 is 0 Å². The van der Waals surface area contributed by atoms with Crippen molar-refractivity contribution < 1.29 is 14.3 Å². The molecular weight excluding hydrogens is 344 g/mol. The Labute approximate surface area is 158 Å². The molecule has 1 heterocycles. The van der Waals surface area contributed by atoms with Gasteiger partial charge in [-0.25, -0.2) is 5.01 Å². The molecule has 2 aromatic carbocycles. The summed E-state index contributed by atoms with van der Waals surface area (Å²) in [6, 6.07) is 15.1. The van der Waals surface area contributed by atoms with E-state index in [0.29, 0.717) is 18.8 Å². The van der Waals surface area contributed by atoms with Gasteiger partial charge in [-0.05, 0) is 37.6 Å². The Hall–Kier alpha value is -3.35. The van der Waals surface area contributed by atoms with Crippen molar-refractivity contribution in [2.45, 2.75) is 13.8 Å². The largest absolute Gasteiger partial charge is 0.491 e. The van der Waals surface area contributed by atoms with Gasteiger partial charge in [0.05, 0.1) is 12.2 Å². The zero-order chi connectivity index (χ0) is 19.2. The molecule has 1 aliphatic rings. The van der Waals surface area contributed by atoms with E-state index in [-0.39, 0.29) is 24.2 Å². The predicted octanol–water partition coefficient (Wildman–Crippen LogP) is 1.75. The third-order valence-electron chi connectivity index (χ3n) is 4.09. The lowest BCUT2D eigenvalue weighted by Crippen LogP contribution is -2.56. The van der Waals surface area contributed by atoms with Crippen molar-refractivity contribution in [1.82, 2.24) is 10.7 Å². The molecule has 0 radical (unpaired) electrons. The molecule has 0 aliphatic carbocycles. The highest BCUT2D eigenvalue weighted by atomic mass is 16.5. The van der Waals surface area contributed by atoms with Crippen molar-refractivity contribution in [2.24, 2.45) is 4.99 Å². The molecule has 7 nitrogen and oxygen atoms in total. The number of hydrogen-bond donors (Lipinski definition) is 2. The average molecular weight is 366 g/mol. The first-order chi connectivity index (χ1) is 13.0. The van der Waals surface area contributed by atoms with Crippen LogP contribution in [0.3, 0.4) is 0 Å². The van der Waals surface area contributed by atoms with Crippen LogP contribution in [0.15, 0.2) is 53.5 Å². The maximum absolute atomic E-state index is 12.3. The van der Waals surface area contributed by atoms with Crippen molar-refractivity contribution in [1.29, 1.82) is 0 Å². The van der Waals surface area contributed by atoms with E-state index in [4.69, 9.17) is 4.74 Å². The summed E-state index contributed by atoms with van der Waals surface area (Å²) in [5.41, 5.74) is 5.57. The van der Waals surface area contributed by atoms with Crippen LogP contribution in [0.25, 0.3) is 0 Å². The van der Waals surface area contributed by atoms with Crippen molar-refractivity contribution in [2.75, 3.05) is 24.7 Å². The second-order valence-electron chi connectivity index (χ2n) is 6.21. The number of aryl methyl sites for hydroxylation is 2. The number of nitrogens with zero attached hydrogens (tertiary/aromatic N) is 2. The van der Waals surface area contributed by atoms with Gasteiger partial charge in [0.1, 0.15) is 18.9 Å². The van der Waals surface area contributed by atoms with Gasteiger partial charge in [-0.2, -0.15) is 0 Å². The molecular formula is C20H22N4O3. The number of ether oxygens (including phenoxy) is 1. The van der Waals surface area contributed by atoms with Crippen LogP contribution in [0.1, 0.15) is 11.1 Å². The fourth-order valence-corrected chi connectivity index (χ4v) is 2.57. The van der Waals surface area contributed by atoms with Crippen molar-refractivity contribution in [3.63, 3.8) is 0 Å². The Morgan fingerprint density at radius 1 is 1.19 bits per heavy atom. The van der Waals surface area contributed by atoms with E-state index in [9.17, 15) is 9.59 Å². The van der Waals surface area contributed by atoms with Crippen LogP contribution in [-0.4, -0.2) is 37.3 Å². The number of hydrazine groups is 1. The van der Waals surface area contributed by atoms with Crippen molar-refractivity contribution in [3.8, 4) is 5.75 Å². The molecule has 2 amide bonds. The number of rotatable bonds is 6. The molecule has 0 saturated carbocycles. The third-order valence-corrected chi connectivity index (χ3v) is 4.09. The summed E-state index contributed by atoms with van der Waals surface area (Å²) < 4.78 is 5.65. The van der Waals surface area contributed by atoms with Crippen LogP contribution >= 0.6 is 0 Å². The van der Waals surface area contributed by atoms with Crippen LogP contribution in [0.5, 0.6) is 5.75 Å². The average Bonchev–Trinajstić information content (AvgIpc) is 2.67. The number of anilines is 1. The molecule has 0 atom stereocenters. The van der Waals surface area contributed by atoms with Gasteiger partial charge < -0.3 is 10.1 Å². The molecule has 0 spiro atoms. The third kappa shape index (κ3) is 4.63. The van der Waals surface area contributed by atoms with Crippen LogP contribution in [-0.2, 0) is 9.59 Å². The Kier molecular flexibility index (Phi) is 5.71. The minimum atomic E-state index is -0.381. The number of amidine groups is 1. The molecule has 2 N–H and O–H groups in total. The number of amides is 2. The highest BCUT2D eigenvalue weighted by Crippen LogP contribution is 2.16. The van der Waals surface area contributed by atoms with Crippen LogP contribution in [0.2, 0.25) is 0 Å². The molecule has 0 bridgehead atoms. The summed E-state index contributed by atoms with van der Waals surface area (Å²) in [5.74, 6) is 0.286.